The maximum Gasteiger partial charge on any atom is 0.207 e. The van der Waals surface area contributed by atoms with Gasteiger partial charge in [-0.05, 0) is 138 Å². The van der Waals surface area contributed by atoms with Crippen LogP contribution in [0.2, 0.25) is 0 Å². The number of sulfone groups is 1. The number of benzene rings is 8. The Morgan fingerprint density at radius 1 is 0.500 bits per heavy atom. The van der Waals surface area contributed by atoms with Gasteiger partial charge < -0.3 is 9.47 Å². The van der Waals surface area contributed by atoms with Crippen LogP contribution >= 0.6 is 0 Å². The summed E-state index contributed by atoms with van der Waals surface area (Å²) in [4.78, 5) is 3.22. The Balaban J connectivity index is 0.984. The lowest BCUT2D eigenvalue weighted by molar-refractivity contribution is 0.0231. The molecule has 0 unspecified atom stereocenters. The third-order valence-electron chi connectivity index (χ3n) is 14.8. The molecule has 0 amide bonds. The van der Waals surface area contributed by atoms with Crippen molar-refractivity contribution in [3.05, 3.63) is 193 Å². The molecule has 0 radical (unpaired) electrons. The molecule has 62 heavy (non-hydrogen) atoms. The standard InChI is InChI=1S/C57H48N2O2S/c1-37-32-42-34-38(2)35-43(33-37)57(42)50-17-7-10-21-55(50)62(60,61)56-36-46(30-31-51(56)57)58(52-20-11-13-41-12-3-4-14-47(41)52)44-26-22-39(23-27-44)40-24-28-45(29-25-40)59-53-18-8-5-15-48(53)49-16-6-9-19-54(49)59/h3-31,36-38,42-43H,32-35H2,1-2H3/t37-,38+,42+,43-,57?. The molecule has 12 rings (SSSR count). The third kappa shape index (κ3) is 5.47. The molecular weight excluding hydrogens is 777 g/mol. The lowest BCUT2D eigenvalue weighted by atomic mass is 9.46. The van der Waals surface area contributed by atoms with Crippen molar-refractivity contribution in [2.75, 3.05) is 4.90 Å². The molecule has 5 heteroatoms. The van der Waals surface area contributed by atoms with Crippen LogP contribution in [0.5, 0.6) is 0 Å². The van der Waals surface area contributed by atoms with Crippen molar-refractivity contribution in [2.45, 2.75) is 54.7 Å². The topological polar surface area (TPSA) is 42.3 Å². The van der Waals surface area contributed by atoms with Gasteiger partial charge in [-0.3, -0.25) is 0 Å². The van der Waals surface area contributed by atoms with E-state index in [2.05, 4.69) is 187 Å². The molecule has 2 fully saturated rings. The van der Waals surface area contributed by atoms with E-state index in [1.165, 1.54) is 21.8 Å². The molecule has 8 aromatic carbocycles. The summed E-state index contributed by atoms with van der Waals surface area (Å²) in [7, 11) is -3.81. The molecule has 304 valence electrons. The molecule has 9 aromatic rings. The van der Waals surface area contributed by atoms with Gasteiger partial charge >= 0.3 is 0 Å². The Morgan fingerprint density at radius 3 is 1.68 bits per heavy atom. The lowest BCUT2D eigenvalue weighted by Gasteiger charge is -2.59. The van der Waals surface area contributed by atoms with E-state index >= 15 is 8.42 Å². The molecule has 1 spiro atoms. The van der Waals surface area contributed by atoms with Crippen molar-refractivity contribution in [3.63, 3.8) is 0 Å². The summed E-state index contributed by atoms with van der Waals surface area (Å²) in [5, 5.41) is 4.74. The van der Waals surface area contributed by atoms with Crippen LogP contribution in [0.25, 0.3) is 49.4 Å². The predicted octanol–water partition coefficient (Wildman–Crippen LogP) is 14.6. The SMILES string of the molecule is C[C@H]1C[C@@H]2C[C@@H](C)C[C@H](C1)C21c2ccccc2S(=O)(=O)c2cc(N(c3ccc(-c4ccc(-n5c6ccccc6c6ccccc65)cc4)cc3)c3cccc4ccccc34)ccc21. The van der Waals surface area contributed by atoms with Gasteiger partial charge in [-0.15, -0.1) is 0 Å². The molecule has 2 saturated carbocycles. The lowest BCUT2D eigenvalue weighted by Crippen LogP contribution is -2.54. The van der Waals surface area contributed by atoms with Crippen LogP contribution in [0, 0.1) is 23.7 Å². The Labute approximate surface area is 364 Å². The molecule has 0 saturated heterocycles. The second-order valence-electron chi connectivity index (χ2n) is 18.4. The Bertz CT molecular complexity index is 3240. The fourth-order valence-electron chi connectivity index (χ4n) is 12.4. The van der Waals surface area contributed by atoms with E-state index in [1.54, 1.807) is 0 Å². The number of hydrogen-bond donors (Lipinski definition) is 0. The zero-order chi connectivity index (χ0) is 41.7. The number of para-hydroxylation sites is 2. The van der Waals surface area contributed by atoms with Crippen molar-refractivity contribution in [1.29, 1.82) is 0 Å². The molecule has 4 nitrogen and oxygen atoms in total. The predicted molar refractivity (Wildman–Crippen MR) is 255 cm³/mol. The Morgan fingerprint density at radius 2 is 1.02 bits per heavy atom. The van der Waals surface area contributed by atoms with Crippen LogP contribution in [-0.4, -0.2) is 13.0 Å². The number of aromatic nitrogens is 1. The van der Waals surface area contributed by atoms with E-state index in [0.29, 0.717) is 33.5 Å². The molecule has 2 bridgehead atoms. The van der Waals surface area contributed by atoms with Crippen molar-refractivity contribution in [1.82, 2.24) is 4.57 Å². The molecule has 0 atom stereocenters. The van der Waals surface area contributed by atoms with Crippen molar-refractivity contribution in [2.24, 2.45) is 23.7 Å². The smallest absolute Gasteiger partial charge is 0.207 e. The van der Waals surface area contributed by atoms with Crippen molar-refractivity contribution in [3.8, 4) is 16.8 Å². The highest BCUT2D eigenvalue weighted by Crippen LogP contribution is 2.64. The number of nitrogens with zero attached hydrogens (tertiary/aromatic N) is 2. The average Bonchev–Trinajstić information content (AvgIpc) is 3.63. The van der Waals surface area contributed by atoms with Gasteiger partial charge in [0, 0.05) is 38.6 Å². The third-order valence-corrected chi connectivity index (χ3v) is 16.6. The van der Waals surface area contributed by atoms with Gasteiger partial charge in [-0.2, -0.15) is 0 Å². The van der Waals surface area contributed by atoms with E-state index in [4.69, 9.17) is 0 Å². The summed E-state index contributed by atoms with van der Waals surface area (Å²) < 4.78 is 32.4. The fourth-order valence-corrected chi connectivity index (χ4v) is 14.3. The van der Waals surface area contributed by atoms with Crippen molar-refractivity contribution < 1.29 is 8.42 Å². The van der Waals surface area contributed by atoms with Crippen molar-refractivity contribution >= 4 is 59.5 Å². The highest BCUT2D eigenvalue weighted by molar-refractivity contribution is 7.91. The summed E-state index contributed by atoms with van der Waals surface area (Å²) in [5.41, 5.74) is 10.3. The monoisotopic (exact) mass is 824 g/mol. The summed E-state index contributed by atoms with van der Waals surface area (Å²) in [5.74, 6) is 2.02. The van der Waals surface area contributed by atoms with Crippen LogP contribution in [0.3, 0.4) is 0 Å². The minimum atomic E-state index is -3.81. The summed E-state index contributed by atoms with van der Waals surface area (Å²) in [6, 6.07) is 64.0. The first kappa shape index (κ1) is 37.3. The number of anilines is 3. The van der Waals surface area contributed by atoms with Crippen LogP contribution in [0.15, 0.2) is 192 Å². The first-order chi connectivity index (χ1) is 30.3. The maximum atomic E-state index is 15.0. The van der Waals surface area contributed by atoms with Gasteiger partial charge in [0.25, 0.3) is 0 Å². The largest absolute Gasteiger partial charge is 0.310 e. The van der Waals surface area contributed by atoms with E-state index in [0.717, 1.165) is 81.5 Å². The molecular formula is C57H48N2O2S. The average molecular weight is 825 g/mol. The summed E-state index contributed by atoms with van der Waals surface area (Å²) in [6.07, 6.45) is 4.48. The van der Waals surface area contributed by atoms with Gasteiger partial charge in [0.1, 0.15) is 0 Å². The highest BCUT2D eigenvalue weighted by Gasteiger charge is 2.59. The molecule has 3 aliphatic rings. The van der Waals surface area contributed by atoms with E-state index < -0.39 is 9.84 Å². The first-order valence-corrected chi connectivity index (χ1v) is 23.7. The quantitative estimate of drug-likeness (QED) is 0.174. The number of fused-ring (bicyclic) bond motifs is 6. The van der Waals surface area contributed by atoms with Crippen LogP contribution in [0.4, 0.5) is 17.1 Å². The Kier molecular flexibility index (Phi) is 8.46. The summed E-state index contributed by atoms with van der Waals surface area (Å²) >= 11 is 0. The van der Waals surface area contributed by atoms with Crippen LogP contribution in [-0.2, 0) is 15.3 Å². The number of hydrogen-bond acceptors (Lipinski definition) is 3. The molecule has 1 aliphatic heterocycles. The van der Waals surface area contributed by atoms with Gasteiger partial charge in [-0.25, -0.2) is 8.42 Å². The van der Waals surface area contributed by atoms with E-state index in [9.17, 15) is 0 Å². The maximum absolute atomic E-state index is 15.0. The van der Waals surface area contributed by atoms with Crippen LogP contribution < -0.4 is 4.90 Å². The number of rotatable bonds is 5. The molecule has 2 aliphatic carbocycles. The summed E-state index contributed by atoms with van der Waals surface area (Å²) in [6.45, 7) is 4.79. The normalized spacial score (nSPS) is 22.4. The fraction of sp³-hybridized carbons (Fsp3) is 0.193. The minimum absolute atomic E-state index is 0.322. The molecule has 2 heterocycles. The van der Waals surface area contributed by atoms with Gasteiger partial charge in [0.2, 0.25) is 9.84 Å². The molecule has 1 aromatic heterocycles. The zero-order valence-electron chi connectivity index (χ0n) is 35.1. The van der Waals surface area contributed by atoms with Gasteiger partial charge in [0.15, 0.2) is 0 Å². The highest BCUT2D eigenvalue weighted by atomic mass is 32.2. The minimum Gasteiger partial charge on any atom is -0.310 e. The zero-order valence-corrected chi connectivity index (χ0v) is 35.9. The van der Waals surface area contributed by atoms with Gasteiger partial charge in [-0.1, -0.05) is 135 Å². The first-order valence-electron chi connectivity index (χ1n) is 22.3. The van der Waals surface area contributed by atoms with E-state index in [-0.39, 0.29) is 5.41 Å². The molecule has 0 N–H and O–H groups in total. The second kappa shape index (κ2) is 14.1. The van der Waals surface area contributed by atoms with Gasteiger partial charge in [0.05, 0.1) is 26.5 Å². The Hall–Kier alpha value is -6.43. The van der Waals surface area contributed by atoms with Crippen LogP contribution in [0.1, 0.15) is 50.7 Å². The van der Waals surface area contributed by atoms with E-state index in [1.807, 2.05) is 18.2 Å². The second-order valence-corrected chi connectivity index (χ2v) is 20.3.